The second kappa shape index (κ2) is 4.16. The monoisotopic (exact) mass is 156 g/mol. The molecule has 0 radical (unpaired) electrons. The summed E-state index contributed by atoms with van der Waals surface area (Å²) in [6.45, 7) is 14.2. The highest BCUT2D eigenvalue weighted by atomic mass is 14.6. The van der Waals surface area contributed by atoms with Crippen molar-refractivity contribution in [3.05, 3.63) is 58.2 Å². The number of benzene rings is 1. The lowest BCUT2D eigenvalue weighted by atomic mass is 10.1. The van der Waals surface area contributed by atoms with Gasteiger partial charge in [0.1, 0.15) is 0 Å². The van der Waals surface area contributed by atoms with E-state index in [1.165, 1.54) is 0 Å². The summed E-state index contributed by atoms with van der Waals surface area (Å²) in [7, 11) is 0. The van der Waals surface area contributed by atoms with E-state index in [-0.39, 0.29) is 0 Å². The zero-order chi connectivity index (χ0) is 8.81. The maximum atomic E-state index is 6.65. The molecule has 0 aliphatic rings. The Balaban J connectivity index is 2.74. The van der Waals surface area contributed by atoms with E-state index >= 15 is 0 Å². The fourth-order valence-corrected chi connectivity index (χ4v) is 0.933. The lowest BCUT2D eigenvalue weighted by Crippen LogP contribution is -1.82. The van der Waals surface area contributed by atoms with E-state index in [2.05, 4.69) is 9.69 Å². The van der Waals surface area contributed by atoms with Gasteiger partial charge in [0.2, 0.25) is 13.1 Å². The maximum Gasteiger partial charge on any atom is 0.239 e. The molecule has 0 saturated heterocycles. The lowest BCUT2D eigenvalue weighted by Gasteiger charge is -1.92. The highest BCUT2D eigenvalue weighted by Gasteiger charge is 1.96. The van der Waals surface area contributed by atoms with E-state index in [1.807, 2.05) is 24.3 Å². The molecule has 2 heteroatoms. The molecule has 0 N–H and O–H groups in total. The Labute approximate surface area is 72.1 Å². The third kappa shape index (κ3) is 2.11. The molecule has 1 aromatic rings. The average Bonchev–Trinajstić information content (AvgIpc) is 2.09. The number of hydrogen-bond donors (Lipinski definition) is 0. The van der Waals surface area contributed by atoms with Gasteiger partial charge in [0.25, 0.3) is 0 Å². The Morgan fingerprint density at radius 1 is 0.833 bits per heavy atom. The maximum absolute atomic E-state index is 6.65. The van der Waals surface area contributed by atoms with Crippen LogP contribution in [0.3, 0.4) is 0 Å². The summed E-state index contributed by atoms with van der Waals surface area (Å²) in [5.74, 6) is 0. The smallest absolute Gasteiger partial charge is 0.239 e. The lowest BCUT2D eigenvalue weighted by molar-refractivity contribution is 1.21. The molecule has 12 heavy (non-hydrogen) atoms. The molecule has 0 aliphatic heterocycles. The molecule has 0 amide bonds. The van der Waals surface area contributed by atoms with Crippen LogP contribution in [0.2, 0.25) is 0 Å². The number of hydrogen-bond acceptors (Lipinski definition) is 0. The second-order valence-electron chi connectivity index (χ2n) is 2.45. The minimum absolute atomic E-state index is 0.429. The van der Waals surface area contributed by atoms with Gasteiger partial charge in [0.15, 0.2) is 0 Å². The van der Waals surface area contributed by atoms with Crippen LogP contribution in [0, 0.1) is 13.1 Å². The van der Waals surface area contributed by atoms with Crippen molar-refractivity contribution in [3.8, 4) is 0 Å². The normalized spacial score (nSPS) is 8.50. The predicted octanol–water partition coefficient (Wildman–Crippen LogP) is 2.53. The van der Waals surface area contributed by atoms with Crippen molar-refractivity contribution >= 4 is 0 Å². The highest BCUT2D eigenvalue weighted by Crippen LogP contribution is 2.06. The highest BCUT2D eigenvalue weighted by molar-refractivity contribution is 5.23. The van der Waals surface area contributed by atoms with Crippen molar-refractivity contribution in [2.45, 2.75) is 13.1 Å². The summed E-state index contributed by atoms with van der Waals surface area (Å²) in [5.41, 5.74) is 2.03. The summed E-state index contributed by atoms with van der Waals surface area (Å²) in [5, 5.41) is 0. The van der Waals surface area contributed by atoms with Crippen LogP contribution in [-0.4, -0.2) is 0 Å². The van der Waals surface area contributed by atoms with Gasteiger partial charge in [-0.15, -0.1) is 0 Å². The summed E-state index contributed by atoms with van der Waals surface area (Å²) in [6, 6.07) is 7.61. The molecule has 0 bridgehead atoms. The topological polar surface area (TPSA) is 8.72 Å². The van der Waals surface area contributed by atoms with Gasteiger partial charge in [-0.25, -0.2) is 13.1 Å². The van der Waals surface area contributed by atoms with E-state index in [0.717, 1.165) is 11.1 Å². The van der Waals surface area contributed by atoms with Crippen LogP contribution in [-0.2, 0) is 13.1 Å². The Kier molecular flexibility index (Phi) is 2.87. The summed E-state index contributed by atoms with van der Waals surface area (Å²) >= 11 is 0. The molecular weight excluding hydrogens is 148 g/mol. The van der Waals surface area contributed by atoms with E-state index in [4.69, 9.17) is 13.1 Å². The second-order valence-corrected chi connectivity index (χ2v) is 2.45. The van der Waals surface area contributed by atoms with Gasteiger partial charge in [0, 0.05) is 11.1 Å². The molecule has 0 unspecified atom stereocenters. The first-order valence-electron chi connectivity index (χ1n) is 3.61. The van der Waals surface area contributed by atoms with Gasteiger partial charge < -0.3 is 9.69 Å². The molecule has 0 aromatic heterocycles. The first kappa shape index (κ1) is 8.30. The van der Waals surface area contributed by atoms with Crippen molar-refractivity contribution in [2.75, 3.05) is 0 Å². The molecule has 0 spiro atoms. The molecule has 0 heterocycles. The predicted molar refractivity (Wildman–Crippen MR) is 47.1 cm³/mol. The average molecular weight is 156 g/mol. The van der Waals surface area contributed by atoms with Crippen LogP contribution in [0.1, 0.15) is 11.1 Å². The van der Waals surface area contributed by atoms with E-state index in [9.17, 15) is 0 Å². The van der Waals surface area contributed by atoms with Gasteiger partial charge in [0.05, 0.1) is 0 Å². The Morgan fingerprint density at radius 2 is 1.17 bits per heavy atom. The molecule has 1 aromatic carbocycles. The molecule has 1 rings (SSSR count). The zero-order valence-electron chi connectivity index (χ0n) is 6.62. The molecule has 0 saturated carbocycles. The van der Waals surface area contributed by atoms with E-state index in [0.29, 0.717) is 13.1 Å². The number of rotatable bonds is 2. The number of nitrogens with zero attached hydrogens (tertiary/aromatic N) is 2. The van der Waals surface area contributed by atoms with Crippen molar-refractivity contribution < 1.29 is 0 Å². The Morgan fingerprint density at radius 3 is 1.42 bits per heavy atom. The molecule has 2 nitrogen and oxygen atoms in total. The molecule has 0 aliphatic carbocycles. The fourth-order valence-electron chi connectivity index (χ4n) is 0.933. The summed E-state index contributed by atoms with van der Waals surface area (Å²) in [4.78, 5) is 6.54. The first-order chi connectivity index (χ1) is 5.86. The van der Waals surface area contributed by atoms with Crippen LogP contribution >= 0.6 is 0 Å². The van der Waals surface area contributed by atoms with Gasteiger partial charge in [-0.05, 0) is 0 Å². The van der Waals surface area contributed by atoms with Crippen LogP contribution in [0.4, 0.5) is 0 Å². The Bertz CT molecular complexity index is 289. The first-order valence-corrected chi connectivity index (χ1v) is 3.61. The zero-order valence-corrected chi connectivity index (χ0v) is 6.62. The van der Waals surface area contributed by atoms with Gasteiger partial charge >= 0.3 is 0 Å². The SMILES string of the molecule is [C-]#[N+]Cc1ccc(C[N+]#[C-])cc1. The third-order valence-corrected chi connectivity index (χ3v) is 1.55. The van der Waals surface area contributed by atoms with Gasteiger partial charge in [-0.1, -0.05) is 24.3 Å². The van der Waals surface area contributed by atoms with Crippen molar-refractivity contribution in [3.63, 3.8) is 0 Å². The van der Waals surface area contributed by atoms with Crippen molar-refractivity contribution in [2.24, 2.45) is 0 Å². The molecule has 0 fully saturated rings. The quantitative estimate of drug-likeness (QED) is 0.582. The summed E-state index contributed by atoms with van der Waals surface area (Å²) in [6.07, 6.45) is 0. The van der Waals surface area contributed by atoms with Crippen LogP contribution in [0.15, 0.2) is 24.3 Å². The van der Waals surface area contributed by atoms with Crippen LogP contribution in [0.25, 0.3) is 9.69 Å². The third-order valence-electron chi connectivity index (χ3n) is 1.55. The molecule has 58 valence electrons. The minimum Gasteiger partial charge on any atom is -0.312 e. The van der Waals surface area contributed by atoms with Crippen molar-refractivity contribution in [1.82, 2.24) is 0 Å². The fraction of sp³-hybridized carbons (Fsp3) is 0.200. The molecule has 0 atom stereocenters. The van der Waals surface area contributed by atoms with Gasteiger partial charge in [-0.3, -0.25) is 0 Å². The molecular formula is C10H8N2. The van der Waals surface area contributed by atoms with Crippen molar-refractivity contribution in [1.29, 1.82) is 0 Å². The van der Waals surface area contributed by atoms with Gasteiger partial charge in [-0.2, -0.15) is 0 Å². The largest absolute Gasteiger partial charge is 0.312 e. The van der Waals surface area contributed by atoms with E-state index < -0.39 is 0 Å². The summed E-state index contributed by atoms with van der Waals surface area (Å²) < 4.78 is 0. The van der Waals surface area contributed by atoms with E-state index in [1.54, 1.807) is 0 Å². The van der Waals surface area contributed by atoms with Crippen LogP contribution < -0.4 is 0 Å². The standard InChI is InChI=1S/C10H8N2/c1-11-7-9-3-5-10(6-4-9)8-12-2/h3-6H,7-8H2. The Hall–Kier alpha value is -1.80. The van der Waals surface area contributed by atoms with Crippen LogP contribution in [0.5, 0.6) is 0 Å². The minimum atomic E-state index is 0.429.